The van der Waals surface area contributed by atoms with Crippen molar-refractivity contribution >= 4 is 17.1 Å². The molecule has 0 aliphatic heterocycles. The number of aromatic hydroxyl groups is 1. The van der Waals surface area contributed by atoms with Crippen LogP contribution >= 0.6 is 0 Å². The minimum absolute atomic E-state index is 0.123. The molecule has 3 N–H and O–H groups in total. The molecule has 0 saturated heterocycles. The zero-order valence-corrected chi connectivity index (χ0v) is 11.8. The minimum Gasteiger partial charge on any atom is -0.506 e. The van der Waals surface area contributed by atoms with Gasteiger partial charge in [-0.25, -0.2) is 0 Å². The van der Waals surface area contributed by atoms with Crippen molar-refractivity contribution in [1.82, 2.24) is 0 Å². The smallest absolute Gasteiger partial charge is 0.143 e. The highest BCUT2D eigenvalue weighted by molar-refractivity contribution is 5.61. The molecule has 0 unspecified atom stereocenters. The fraction of sp³-hybridized carbons (Fsp3) is 0.250. The minimum atomic E-state index is 0.123. The Labute approximate surface area is 119 Å². The van der Waals surface area contributed by atoms with E-state index in [0.717, 1.165) is 35.3 Å². The Balaban J connectivity index is 2.36. The first-order valence-corrected chi connectivity index (χ1v) is 6.76. The number of nitrogens with zero attached hydrogens (tertiary/aromatic N) is 2. The first-order valence-electron chi connectivity index (χ1n) is 6.76. The van der Waals surface area contributed by atoms with E-state index < -0.39 is 0 Å². The molecule has 0 fully saturated rings. The van der Waals surface area contributed by atoms with Gasteiger partial charge in [-0.05, 0) is 48.2 Å². The molecule has 2 rings (SSSR count). The second kappa shape index (κ2) is 6.19. The van der Waals surface area contributed by atoms with Crippen LogP contribution in [0.2, 0.25) is 0 Å². The maximum atomic E-state index is 9.66. The number of nitrogens with two attached hydrogens (primary N) is 1. The summed E-state index contributed by atoms with van der Waals surface area (Å²) in [6.45, 7) is 4.13. The highest BCUT2D eigenvalue weighted by atomic mass is 16.3. The van der Waals surface area contributed by atoms with E-state index in [1.807, 2.05) is 18.2 Å². The van der Waals surface area contributed by atoms with Crippen molar-refractivity contribution in [3.8, 4) is 5.75 Å². The lowest BCUT2D eigenvalue weighted by atomic mass is 10.0. The van der Waals surface area contributed by atoms with E-state index in [2.05, 4.69) is 24.1 Å². The highest BCUT2D eigenvalue weighted by Gasteiger charge is 2.06. The number of phenolic OH excluding ortho intramolecular Hbond substituents is 1. The van der Waals surface area contributed by atoms with Gasteiger partial charge in [0.05, 0.1) is 5.69 Å². The Hall–Kier alpha value is -2.36. The molecular weight excluding hydrogens is 250 g/mol. The van der Waals surface area contributed by atoms with Crippen molar-refractivity contribution in [1.29, 1.82) is 0 Å². The van der Waals surface area contributed by atoms with E-state index in [0.29, 0.717) is 5.69 Å². The fourth-order valence-corrected chi connectivity index (χ4v) is 2.06. The Morgan fingerprint density at radius 3 is 2.15 bits per heavy atom. The summed E-state index contributed by atoms with van der Waals surface area (Å²) in [4.78, 5) is 0. The topological polar surface area (TPSA) is 71.0 Å². The van der Waals surface area contributed by atoms with Crippen LogP contribution in [0.25, 0.3) is 0 Å². The summed E-state index contributed by atoms with van der Waals surface area (Å²) in [5.74, 6) is 0.123. The number of para-hydroxylation sites is 1. The van der Waals surface area contributed by atoms with Crippen LogP contribution in [-0.2, 0) is 12.8 Å². The van der Waals surface area contributed by atoms with Gasteiger partial charge in [0.25, 0.3) is 0 Å². The molecule has 2 aromatic rings. The maximum Gasteiger partial charge on any atom is 0.143 e. The molecule has 4 nitrogen and oxygen atoms in total. The van der Waals surface area contributed by atoms with Crippen LogP contribution in [0.15, 0.2) is 46.6 Å². The van der Waals surface area contributed by atoms with Crippen LogP contribution in [0.3, 0.4) is 0 Å². The first-order chi connectivity index (χ1) is 9.65. The second-order valence-corrected chi connectivity index (χ2v) is 4.57. The van der Waals surface area contributed by atoms with Crippen molar-refractivity contribution < 1.29 is 5.11 Å². The van der Waals surface area contributed by atoms with E-state index in [9.17, 15) is 5.11 Å². The molecule has 4 heteroatoms. The molecule has 0 heterocycles. The van der Waals surface area contributed by atoms with Crippen molar-refractivity contribution in [3.05, 3.63) is 47.5 Å². The van der Waals surface area contributed by atoms with Gasteiger partial charge in [-0.15, -0.1) is 5.11 Å². The predicted molar refractivity (Wildman–Crippen MR) is 81.9 cm³/mol. The van der Waals surface area contributed by atoms with Gasteiger partial charge in [0.2, 0.25) is 0 Å². The average Bonchev–Trinajstić information content (AvgIpc) is 2.47. The average molecular weight is 269 g/mol. The van der Waals surface area contributed by atoms with Gasteiger partial charge in [0.1, 0.15) is 11.4 Å². The number of nitrogen functional groups attached to an aromatic ring is 1. The van der Waals surface area contributed by atoms with Crippen LogP contribution in [0.1, 0.15) is 25.0 Å². The van der Waals surface area contributed by atoms with Crippen LogP contribution in [0, 0.1) is 0 Å². The Morgan fingerprint density at radius 1 is 1.00 bits per heavy atom. The molecule has 0 aliphatic rings. The number of hydrogen-bond donors (Lipinski definition) is 2. The third kappa shape index (κ3) is 2.96. The molecule has 0 saturated carbocycles. The SMILES string of the molecule is CCc1cc(N=Nc2ccccc2O)cc(CC)c1N. The van der Waals surface area contributed by atoms with Gasteiger partial charge < -0.3 is 10.8 Å². The molecule has 104 valence electrons. The summed E-state index contributed by atoms with van der Waals surface area (Å²) in [6.07, 6.45) is 1.72. The van der Waals surface area contributed by atoms with Gasteiger partial charge in [-0.1, -0.05) is 26.0 Å². The number of phenols is 1. The number of aryl methyl sites for hydroxylation is 2. The Bertz CT molecular complexity index is 610. The van der Waals surface area contributed by atoms with Gasteiger partial charge >= 0.3 is 0 Å². The molecule has 0 bridgehead atoms. The lowest BCUT2D eigenvalue weighted by Gasteiger charge is -2.09. The third-order valence-corrected chi connectivity index (χ3v) is 3.25. The normalized spacial score (nSPS) is 11.1. The summed E-state index contributed by atoms with van der Waals surface area (Å²) in [6, 6.07) is 10.8. The van der Waals surface area contributed by atoms with Crippen molar-refractivity contribution in [2.24, 2.45) is 10.2 Å². The first kappa shape index (κ1) is 14.1. The van der Waals surface area contributed by atoms with Crippen LogP contribution < -0.4 is 5.73 Å². The number of anilines is 1. The van der Waals surface area contributed by atoms with E-state index in [-0.39, 0.29) is 5.75 Å². The second-order valence-electron chi connectivity index (χ2n) is 4.57. The molecule has 2 aromatic carbocycles. The lowest BCUT2D eigenvalue weighted by molar-refractivity contribution is 0.476. The van der Waals surface area contributed by atoms with Gasteiger partial charge in [-0.3, -0.25) is 0 Å². The van der Waals surface area contributed by atoms with Crippen LogP contribution in [-0.4, -0.2) is 5.11 Å². The molecular formula is C16H19N3O. The Kier molecular flexibility index (Phi) is 4.35. The van der Waals surface area contributed by atoms with Gasteiger partial charge in [0, 0.05) is 5.69 Å². The monoisotopic (exact) mass is 269 g/mol. The molecule has 0 atom stereocenters. The largest absolute Gasteiger partial charge is 0.506 e. The number of azo groups is 1. The number of rotatable bonds is 4. The highest BCUT2D eigenvalue weighted by Crippen LogP contribution is 2.30. The Morgan fingerprint density at radius 2 is 1.60 bits per heavy atom. The summed E-state index contributed by atoms with van der Waals surface area (Å²) >= 11 is 0. The van der Waals surface area contributed by atoms with Crippen LogP contribution in [0.4, 0.5) is 17.1 Å². The van der Waals surface area contributed by atoms with E-state index >= 15 is 0 Å². The lowest BCUT2D eigenvalue weighted by Crippen LogP contribution is -1.98. The van der Waals surface area contributed by atoms with E-state index in [1.165, 1.54) is 0 Å². The summed E-state index contributed by atoms with van der Waals surface area (Å²) < 4.78 is 0. The third-order valence-electron chi connectivity index (χ3n) is 3.25. The number of hydrogen-bond acceptors (Lipinski definition) is 4. The summed E-state index contributed by atoms with van der Waals surface area (Å²) in [5.41, 5.74) is 10.3. The molecule has 0 amide bonds. The fourth-order valence-electron chi connectivity index (χ4n) is 2.06. The molecule has 20 heavy (non-hydrogen) atoms. The van der Waals surface area contributed by atoms with E-state index in [4.69, 9.17) is 5.73 Å². The van der Waals surface area contributed by atoms with E-state index in [1.54, 1.807) is 18.2 Å². The van der Waals surface area contributed by atoms with Crippen molar-refractivity contribution in [3.63, 3.8) is 0 Å². The van der Waals surface area contributed by atoms with Gasteiger partial charge in [-0.2, -0.15) is 5.11 Å². The molecule has 0 spiro atoms. The summed E-state index contributed by atoms with van der Waals surface area (Å²) in [5, 5.41) is 18.0. The maximum absolute atomic E-state index is 9.66. The zero-order valence-electron chi connectivity index (χ0n) is 11.8. The van der Waals surface area contributed by atoms with Crippen LogP contribution in [0.5, 0.6) is 5.75 Å². The van der Waals surface area contributed by atoms with Crippen molar-refractivity contribution in [2.45, 2.75) is 26.7 Å². The predicted octanol–water partition coefficient (Wildman–Crippen LogP) is 4.51. The molecule has 0 aromatic heterocycles. The quantitative estimate of drug-likeness (QED) is 0.633. The van der Waals surface area contributed by atoms with Gasteiger partial charge in [0.15, 0.2) is 0 Å². The zero-order chi connectivity index (χ0) is 14.5. The number of benzene rings is 2. The molecule has 0 radical (unpaired) electrons. The van der Waals surface area contributed by atoms with Crippen molar-refractivity contribution in [2.75, 3.05) is 5.73 Å². The standard InChI is InChI=1S/C16H19N3O/c1-3-11-9-13(10-12(4-2)16(11)17)18-19-14-7-5-6-8-15(14)20/h5-10,20H,3-4,17H2,1-2H3. The summed E-state index contributed by atoms with van der Waals surface area (Å²) in [7, 11) is 0. The molecule has 0 aliphatic carbocycles.